The van der Waals surface area contributed by atoms with E-state index in [1.54, 1.807) is 0 Å². The van der Waals surface area contributed by atoms with E-state index in [1.807, 2.05) is 0 Å². The van der Waals surface area contributed by atoms with E-state index in [0.29, 0.717) is 25.7 Å². The standard InChI is InChI=1S/C77H150O17P2/c1-7-9-11-13-15-17-18-19-20-23-26-31-36-42-48-54-60-75(80)88-66-73(94-76(81)61-55-49-43-37-32-27-24-21-22-25-29-34-39-45-51-57-69(3)4)68-92-96(85,86)90-64-71(78)63-89-95(83,84)91-67-72(65-87-74(79)59-53-47-41-16-14-12-10-8-2)93-77(82)62-56-50-44-38-33-28-30-35-40-46-52-58-70(5)6/h69-73,78H,7-68H2,1-6H3,(H,83,84)(H,85,86)/t71-,72+,73+/m0/s1. The Hall–Kier alpha value is -1.94. The van der Waals surface area contributed by atoms with Crippen LogP contribution in [0.5, 0.6) is 0 Å². The van der Waals surface area contributed by atoms with Crippen LogP contribution in [0.1, 0.15) is 401 Å². The lowest BCUT2D eigenvalue weighted by molar-refractivity contribution is -0.161. The van der Waals surface area contributed by atoms with Crippen molar-refractivity contribution in [3.05, 3.63) is 0 Å². The van der Waals surface area contributed by atoms with Gasteiger partial charge in [0.05, 0.1) is 26.4 Å². The van der Waals surface area contributed by atoms with Crippen LogP contribution in [0.15, 0.2) is 0 Å². The van der Waals surface area contributed by atoms with Crippen molar-refractivity contribution in [2.75, 3.05) is 39.6 Å². The molecule has 2 unspecified atom stereocenters. The van der Waals surface area contributed by atoms with Gasteiger partial charge in [-0.15, -0.1) is 0 Å². The minimum Gasteiger partial charge on any atom is -0.462 e. The van der Waals surface area contributed by atoms with Crippen LogP contribution in [-0.4, -0.2) is 96.7 Å². The third-order valence-electron chi connectivity index (χ3n) is 18.0. The fourth-order valence-electron chi connectivity index (χ4n) is 11.8. The molecule has 0 aliphatic rings. The van der Waals surface area contributed by atoms with Gasteiger partial charge in [-0.3, -0.25) is 37.3 Å². The zero-order chi connectivity index (χ0) is 70.7. The lowest BCUT2D eigenvalue weighted by atomic mass is 10.0. The largest absolute Gasteiger partial charge is 0.472 e. The molecule has 0 aromatic rings. The maximum absolute atomic E-state index is 13.1. The third kappa shape index (κ3) is 70.5. The topological polar surface area (TPSA) is 237 Å². The van der Waals surface area contributed by atoms with Gasteiger partial charge in [0.2, 0.25) is 0 Å². The molecule has 17 nitrogen and oxygen atoms in total. The maximum Gasteiger partial charge on any atom is 0.472 e. The number of esters is 4. The number of carbonyl (C=O) groups is 4. The fourth-order valence-corrected chi connectivity index (χ4v) is 13.4. The van der Waals surface area contributed by atoms with Crippen molar-refractivity contribution >= 4 is 39.5 Å². The molecule has 0 bridgehead atoms. The number of ether oxygens (including phenoxy) is 4. The van der Waals surface area contributed by atoms with E-state index in [-0.39, 0.29) is 25.7 Å². The van der Waals surface area contributed by atoms with Gasteiger partial charge in [-0.05, 0) is 37.5 Å². The Labute approximate surface area is 588 Å². The van der Waals surface area contributed by atoms with Crippen molar-refractivity contribution in [3.8, 4) is 0 Å². The molecule has 0 fully saturated rings. The Morgan fingerprint density at radius 1 is 0.281 bits per heavy atom. The highest BCUT2D eigenvalue weighted by Gasteiger charge is 2.30. The van der Waals surface area contributed by atoms with Gasteiger partial charge in [0.1, 0.15) is 19.3 Å². The Kier molecular flexibility index (Phi) is 67.4. The number of hydrogen-bond donors (Lipinski definition) is 3. The van der Waals surface area contributed by atoms with Crippen LogP contribution in [-0.2, 0) is 65.4 Å². The van der Waals surface area contributed by atoms with E-state index in [1.165, 1.54) is 212 Å². The van der Waals surface area contributed by atoms with E-state index < -0.39 is 97.5 Å². The Morgan fingerprint density at radius 3 is 0.708 bits per heavy atom. The summed E-state index contributed by atoms with van der Waals surface area (Å²) in [5.41, 5.74) is 0. The fraction of sp³-hybridized carbons (Fsp3) is 0.948. The van der Waals surface area contributed by atoms with E-state index in [0.717, 1.165) is 108 Å². The molecule has 5 atom stereocenters. The van der Waals surface area contributed by atoms with Crippen LogP contribution in [0.2, 0.25) is 0 Å². The number of hydrogen-bond acceptors (Lipinski definition) is 15. The van der Waals surface area contributed by atoms with Crippen molar-refractivity contribution in [2.24, 2.45) is 11.8 Å². The van der Waals surface area contributed by atoms with E-state index in [9.17, 15) is 43.2 Å². The molecule has 0 aliphatic heterocycles. The highest BCUT2D eigenvalue weighted by atomic mass is 31.2. The summed E-state index contributed by atoms with van der Waals surface area (Å²) in [6, 6.07) is 0. The summed E-state index contributed by atoms with van der Waals surface area (Å²) in [4.78, 5) is 72.8. The van der Waals surface area contributed by atoms with E-state index >= 15 is 0 Å². The molecule has 0 aromatic carbocycles. The molecule has 0 amide bonds. The molecule has 0 radical (unpaired) electrons. The summed E-state index contributed by atoms with van der Waals surface area (Å²) < 4.78 is 68.5. The van der Waals surface area contributed by atoms with Gasteiger partial charge in [0.25, 0.3) is 0 Å². The SMILES string of the molecule is CCCCCCCCCCCCCCCCCCC(=O)OC[C@H](COP(=O)(O)OC[C@@H](O)COP(=O)(O)OC[C@@H](COC(=O)CCCCCCCCCC)OC(=O)CCCCCCCCCCCCCC(C)C)OC(=O)CCCCCCCCCCCCCCCCCC(C)C. The highest BCUT2D eigenvalue weighted by molar-refractivity contribution is 7.47. The summed E-state index contributed by atoms with van der Waals surface area (Å²) in [5.74, 6) is -0.547. The smallest absolute Gasteiger partial charge is 0.462 e. The first kappa shape index (κ1) is 94.1. The number of rotatable bonds is 76. The van der Waals surface area contributed by atoms with Gasteiger partial charge in [0.15, 0.2) is 12.2 Å². The van der Waals surface area contributed by atoms with Crippen molar-refractivity contribution in [3.63, 3.8) is 0 Å². The second kappa shape index (κ2) is 68.8. The van der Waals surface area contributed by atoms with Gasteiger partial charge < -0.3 is 33.8 Å². The first-order valence-corrected chi connectivity index (χ1v) is 43.0. The van der Waals surface area contributed by atoms with Gasteiger partial charge in [-0.2, -0.15) is 0 Å². The van der Waals surface area contributed by atoms with E-state index in [4.69, 9.17) is 37.0 Å². The van der Waals surface area contributed by atoms with Gasteiger partial charge >= 0.3 is 39.5 Å². The zero-order valence-electron chi connectivity index (χ0n) is 62.7. The monoisotopic (exact) mass is 1410 g/mol. The summed E-state index contributed by atoms with van der Waals surface area (Å²) in [6.07, 6.45) is 56.9. The summed E-state index contributed by atoms with van der Waals surface area (Å²) in [6.45, 7) is 9.61. The number of aliphatic hydroxyl groups is 1. The van der Waals surface area contributed by atoms with Crippen molar-refractivity contribution in [1.29, 1.82) is 0 Å². The lowest BCUT2D eigenvalue weighted by Gasteiger charge is -2.21. The number of unbranched alkanes of at least 4 members (excludes halogenated alkanes) is 46. The van der Waals surface area contributed by atoms with Crippen LogP contribution in [0.4, 0.5) is 0 Å². The molecule has 96 heavy (non-hydrogen) atoms. The first-order chi connectivity index (χ1) is 46.4. The Bertz CT molecular complexity index is 1860. The minimum atomic E-state index is -4.96. The van der Waals surface area contributed by atoms with Crippen LogP contribution in [0.3, 0.4) is 0 Å². The van der Waals surface area contributed by atoms with Crippen molar-refractivity contribution in [2.45, 2.75) is 419 Å². The van der Waals surface area contributed by atoms with E-state index in [2.05, 4.69) is 41.5 Å². The molecule has 0 rings (SSSR count). The third-order valence-corrected chi connectivity index (χ3v) is 19.9. The Morgan fingerprint density at radius 2 is 0.479 bits per heavy atom. The van der Waals surface area contributed by atoms with Crippen LogP contribution < -0.4 is 0 Å². The molecule has 0 heterocycles. The number of aliphatic hydroxyl groups excluding tert-OH is 1. The molecule has 570 valence electrons. The second-order valence-electron chi connectivity index (χ2n) is 28.7. The van der Waals surface area contributed by atoms with Gasteiger partial charge in [0, 0.05) is 25.7 Å². The van der Waals surface area contributed by atoms with Crippen molar-refractivity contribution < 1.29 is 80.2 Å². The molecular formula is C77H150O17P2. The van der Waals surface area contributed by atoms with Crippen LogP contribution >= 0.6 is 15.6 Å². The average molecular weight is 1410 g/mol. The zero-order valence-corrected chi connectivity index (χ0v) is 64.5. The molecule has 19 heteroatoms. The minimum absolute atomic E-state index is 0.106. The molecule has 0 saturated heterocycles. The molecule has 3 N–H and O–H groups in total. The quantitative estimate of drug-likeness (QED) is 0.0222. The summed E-state index contributed by atoms with van der Waals surface area (Å²) in [5, 5.41) is 10.6. The first-order valence-electron chi connectivity index (χ1n) is 40.0. The molecule has 0 aliphatic carbocycles. The lowest BCUT2D eigenvalue weighted by Crippen LogP contribution is -2.30. The average Bonchev–Trinajstić information content (AvgIpc) is 1.59. The Balaban J connectivity index is 5.21. The van der Waals surface area contributed by atoms with Crippen LogP contribution in [0.25, 0.3) is 0 Å². The highest BCUT2D eigenvalue weighted by Crippen LogP contribution is 2.45. The molecular weight excluding hydrogens is 1260 g/mol. The summed E-state index contributed by atoms with van der Waals surface area (Å²) in [7, 11) is -9.91. The predicted molar refractivity (Wildman–Crippen MR) is 391 cm³/mol. The van der Waals surface area contributed by atoms with Crippen molar-refractivity contribution in [1.82, 2.24) is 0 Å². The normalized spacial score (nSPS) is 14.0. The molecule has 0 spiro atoms. The second-order valence-corrected chi connectivity index (χ2v) is 31.6. The molecule has 0 aromatic heterocycles. The summed E-state index contributed by atoms with van der Waals surface area (Å²) >= 11 is 0. The number of carbonyl (C=O) groups excluding carboxylic acids is 4. The number of phosphoric ester groups is 2. The predicted octanol–water partition coefficient (Wildman–Crippen LogP) is 22.7. The van der Waals surface area contributed by atoms with Crippen LogP contribution in [0, 0.1) is 11.8 Å². The molecule has 0 saturated carbocycles. The maximum atomic E-state index is 13.1. The van der Waals surface area contributed by atoms with Gasteiger partial charge in [-0.1, -0.05) is 350 Å². The van der Waals surface area contributed by atoms with Gasteiger partial charge in [-0.25, -0.2) is 9.13 Å². The number of phosphoric acid groups is 2.